The minimum absolute atomic E-state index is 0.101. The number of esters is 1. The lowest BCUT2D eigenvalue weighted by atomic mass is 9.94. The summed E-state index contributed by atoms with van der Waals surface area (Å²) in [6.45, 7) is 5.35. The molecule has 0 N–H and O–H groups in total. The van der Waals surface area contributed by atoms with Crippen molar-refractivity contribution in [3.63, 3.8) is 0 Å². The summed E-state index contributed by atoms with van der Waals surface area (Å²) < 4.78 is 5.65. The highest BCUT2D eigenvalue weighted by Gasteiger charge is 2.49. The monoisotopic (exact) mass is 194 g/mol. The minimum Gasteiger partial charge on any atom is -0.455 e. The summed E-state index contributed by atoms with van der Waals surface area (Å²) in [4.78, 5) is 11.5. The fourth-order valence-electron chi connectivity index (χ4n) is 2.96. The van der Waals surface area contributed by atoms with Crippen molar-refractivity contribution in [3.05, 3.63) is 12.2 Å². The molecule has 2 fully saturated rings. The summed E-state index contributed by atoms with van der Waals surface area (Å²) in [5.74, 6) is 0.435. The highest BCUT2D eigenvalue weighted by molar-refractivity contribution is 5.87. The molecule has 0 spiro atoms. The van der Waals surface area contributed by atoms with E-state index in [4.69, 9.17) is 4.74 Å². The molecule has 0 heterocycles. The fourth-order valence-corrected chi connectivity index (χ4v) is 2.96. The average molecular weight is 194 g/mol. The number of fused-ring (bicyclic) bond motifs is 1. The van der Waals surface area contributed by atoms with Crippen LogP contribution in [0.15, 0.2) is 12.2 Å². The third-order valence-electron chi connectivity index (χ3n) is 3.69. The van der Waals surface area contributed by atoms with Crippen LogP contribution < -0.4 is 0 Å². The van der Waals surface area contributed by atoms with Crippen LogP contribution >= 0.6 is 0 Å². The molecule has 0 unspecified atom stereocenters. The first kappa shape index (κ1) is 9.75. The van der Waals surface area contributed by atoms with Crippen molar-refractivity contribution in [3.8, 4) is 0 Å². The molecular weight excluding hydrogens is 176 g/mol. The van der Waals surface area contributed by atoms with E-state index >= 15 is 0 Å². The van der Waals surface area contributed by atoms with Crippen molar-refractivity contribution >= 4 is 5.97 Å². The Morgan fingerprint density at radius 1 is 1.36 bits per heavy atom. The van der Waals surface area contributed by atoms with Gasteiger partial charge in [0.2, 0.25) is 0 Å². The zero-order valence-corrected chi connectivity index (χ0v) is 8.84. The van der Waals surface area contributed by atoms with Gasteiger partial charge in [-0.05, 0) is 51.4 Å². The van der Waals surface area contributed by atoms with E-state index in [9.17, 15) is 4.79 Å². The molecule has 0 aromatic carbocycles. The van der Waals surface area contributed by atoms with Crippen molar-refractivity contribution in [1.82, 2.24) is 0 Å². The first-order valence-corrected chi connectivity index (χ1v) is 5.53. The van der Waals surface area contributed by atoms with Gasteiger partial charge in [0, 0.05) is 5.57 Å². The minimum atomic E-state index is -0.196. The molecule has 0 bridgehead atoms. The average Bonchev–Trinajstić information content (AvgIpc) is 2.61. The first-order valence-electron chi connectivity index (χ1n) is 5.53. The van der Waals surface area contributed by atoms with Crippen LogP contribution in [0.3, 0.4) is 0 Å². The lowest BCUT2D eigenvalue weighted by Gasteiger charge is -2.29. The van der Waals surface area contributed by atoms with Crippen molar-refractivity contribution in [1.29, 1.82) is 0 Å². The molecule has 2 saturated carbocycles. The Morgan fingerprint density at radius 3 is 2.43 bits per heavy atom. The topological polar surface area (TPSA) is 26.3 Å². The van der Waals surface area contributed by atoms with Crippen LogP contribution in [0.2, 0.25) is 0 Å². The van der Waals surface area contributed by atoms with Crippen LogP contribution in [0.25, 0.3) is 0 Å². The fraction of sp³-hybridized carbons (Fsp3) is 0.750. The third-order valence-corrected chi connectivity index (χ3v) is 3.69. The van der Waals surface area contributed by atoms with Gasteiger partial charge < -0.3 is 4.74 Å². The molecule has 2 nitrogen and oxygen atoms in total. The predicted octanol–water partition coefficient (Wildman–Crippen LogP) is 2.83. The predicted molar refractivity (Wildman–Crippen MR) is 54.8 cm³/mol. The first-order chi connectivity index (χ1) is 6.64. The molecule has 0 aromatic rings. The van der Waals surface area contributed by atoms with E-state index in [-0.39, 0.29) is 11.6 Å². The van der Waals surface area contributed by atoms with E-state index in [0.717, 1.165) is 12.8 Å². The highest BCUT2D eigenvalue weighted by atomic mass is 16.6. The Balaban J connectivity index is 2.08. The summed E-state index contributed by atoms with van der Waals surface area (Å²) in [7, 11) is 0. The van der Waals surface area contributed by atoms with Gasteiger partial charge in [-0.15, -0.1) is 0 Å². The summed E-state index contributed by atoms with van der Waals surface area (Å²) in [5.41, 5.74) is 0.424. The number of carbonyl (C=O) groups is 1. The second-order valence-corrected chi connectivity index (χ2v) is 4.72. The molecule has 0 aromatic heterocycles. The Morgan fingerprint density at radius 2 is 1.93 bits per heavy atom. The standard InChI is InChI=1S/C12H18O2/c1-9(2)11(13)14-12-7-3-5-10(12)6-4-8-12/h10H,1,3-8H2,2H3. The maximum Gasteiger partial charge on any atom is 0.333 e. The number of ether oxygens (including phenoxy) is 1. The van der Waals surface area contributed by atoms with Crippen LogP contribution in [0, 0.1) is 5.92 Å². The molecule has 0 atom stereocenters. The summed E-state index contributed by atoms with van der Waals surface area (Å²) in [6.07, 6.45) is 7.04. The summed E-state index contributed by atoms with van der Waals surface area (Å²) in [5, 5.41) is 0. The molecule has 0 aliphatic heterocycles. The van der Waals surface area contributed by atoms with Crippen LogP contribution in [-0.4, -0.2) is 11.6 Å². The van der Waals surface area contributed by atoms with Gasteiger partial charge in [0.25, 0.3) is 0 Å². The van der Waals surface area contributed by atoms with Crippen LogP contribution in [-0.2, 0) is 9.53 Å². The van der Waals surface area contributed by atoms with E-state index in [0.29, 0.717) is 11.5 Å². The molecule has 2 aliphatic rings. The normalized spacial score (nSPS) is 35.4. The van der Waals surface area contributed by atoms with Crippen molar-refractivity contribution in [2.45, 2.75) is 51.0 Å². The molecule has 78 valence electrons. The van der Waals surface area contributed by atoms with Gasteiger partial charge in [-0.1, -0.05) is 6.58 Å². The largest absolute Gasteiger partial charge is 0.455 e. The highest BCUT2D eigenvalue weighted by Crippen LogP contribution is 2.50. The number of hydrogen-bond acceptors (Lipinski definition) is 2. The molecule has 0 saturated heterocycles. The molecule has 2 heteroatoms. The van der Waals surface area contributed by atoms with Gasteiger partial charge in [0.15, 0.2) is 0 Å². The van der Waals surface area contributed by atoms with Gasteiger partial charge in [-0.3, -0.25) is 0 Å². The molecule has 2 aliphatic carbocycles. The van der Waals surface area contributed by atoms with E-state index in [1.165, 1.54) is 25.7 Å². The van der Waals surface area contributed by atoms with E-state index < -0.39 is 0 Å². The van der Waals surface area contributed by atoms with Crippen molar-refractivity contribution < 1.29 is 9.53 Å². The van der Waals surface area contributed by atoms with E-state index in [1.807, 2.05) is 0 Å². The van der Waals surface area contributed by atoms with E-state index in [1.54, 1.807) is 6.92 Å². The van der Waals surface area contributed by atoms with Gasteiger partial charge in [0.05, 0.1) is 0 Å². The second-order valence-electron chi connectivity index (χ2n) is 4.72. The van der Waals surface area contributed by atoms with Gasteiger partial charge in [0.1, 0.15) is 5.60 Å². The van der Waals surface area contributed by atoms with Crippen molar-refractivity contribution in [2.24, 2.45) is 5.92 Å². The Kier molecular flexibility index (Phi) is 2.38. The van der Waals surface area contributed by atoms with Crippen molar-refractivity contribution in [2.75, 3.05) is 0 Å². The number of rotatable bonds is 2. The zero-order valence-electron chi connectivity index (χ0n) is 8.84. The maximum atomic E-state index is 11.5. The smallest absolute Gasteiger partial charge is 0.333 e. The molecule has 14 heavy (non-hydrogen) atoms. The maximum absolute atomic E-state index is 11.5. The molecule has 0 radical (unpaired) electrons. The molecular formula is C12H18O2. The Bertz CT molecular complexity index is 257. The van der Waals surface area contributed by atoms with E-state index in [2.05, 4.69) is 6.58 Å². The Labute approximate surface area is 85.3 Å². The molecule has 0 amide bonds. The lowest BCUT2D eigenvalue weighted by molar-refractivity contribution is -0.156. The second kappa shape index (κ2) is 3.41. The zero-order chi connectivity index (χ0) is 10.2. The number of hydrogen-bond donors (Lipinski definition) is 0. The van der Waals surface area contributed by atoms with Crippen LogP contribution in [0.5, 0.6) is 0 Å². The van der Waals surface area contributed by atoms with Crippen LogP contribution in [0.1, 0.15) is 45.4 Å². The number of carbonyl (C=O) groups excluding carboxylic acids is 1. The van der Waals surface area contributed by atoms with Gasteiger partial charge in [-0.25, -0.2) is 4.79 Å². The van der Waals surface area contributed by atoms with Gasteiger partial charge in [-0.2, -0.15) is 0 Å². The third kappa shape index (κ3) is 1.47. The summed E-state index contributed by atoms with van der Waals surface area (Å²) >= 11 is 0. The van der Waals surface area contributed by atoms with Gasteiger partial charge >= 0.3 is 5.97 Å². The quantitative estimate of drug-likeness (QED) is 0.499. The Hall–Kier alpha value is -0.790. The SMILES string of the molecule is C=C(C)C(=O)OC12CCCC1CCC2. The lowest BCUT2D eigenvalue weighted by Crippen LogP contribution is -2.34. The summed E-state index contributed by atoms with van der Waals surface area (Å²) in [6, 6.07) is 0. The van der Waals surface area contributed by atoms with Crippen LogP contribution in [0.4, 0.5) is 0 Å². The molecule has 2 rings (SSSR count).